The maximum atomic E-state index is 15.1. The maximum absolute atomic E-state index is 15.1. The number of carbonyl (C=O) groups is 1. The Morgan fingerprint density at radius 1 is 0.519 bits per heavy atom. The van der Waals surface area contributed by atoms with Gasteiger partial charge in [-0.05, 0) is 115 Å². The molecule has 6 aliphatic heterocycles. The number of rotatable bonds is 23. The van der Waals surface area contributed by atoms with E-state index in [0.29, 0.717) is 5.56 Å². The SMILES string of the molecule is C#CC(O[Si](C(C)C)(C(C)C)C(C)C)C1O[C@@H](n2c(C#C[C@@H](O[Si](C(C)C)(C(C)C)C(C)C)[C@H]3O[C@@H](n4c(C#C[C@@H](O[Si](C(C)C)(C(C)C)C(C)C)[C@H]5O[C@@H](n6ccc(=O)[nH]c6=O)[C@@H]6OC(C)(C)O[C@@H]65)cc(=O)[nH]c4=O)[C@@H]4OC(C)(C)O[C@@H]43)nc3c(NC(=O)c4ccccc4)ncnc32)[C@@H]2OC(C)(C)O[C@H]12. The molecule has 6 fully saturated rings. The molecular formula is C77H109N9O17Si3. The van der Waals surface area contributed by atoms with Crippen molar-refractivity contribution < 1.29 is 60.7 Å². The third-order valence-corrected chi connectivity index (χ3v) is 40.6. The summed E-state index contributed by atoms with van der Waals surface area (Å²) in [5, 5.41) is 2.98. The van der Waals surface area contributed by atoms with Crippen molar-refractivity contribution in [3.05, 3.63) is 114 Å². The number of aromatic nitrogens is 8. The highest BCUT2D eigenvalue weighted by molar-refractivity contribution is 6.78. The summed E-state index contributed by atoms with van der Waals surface area (Å²) in [6.07, 6.45) is -6.07. The zero-order valence-electron chi connectivity index (χ0n) is 65.8. The molecule has 0 bridgehead atoms. The normalized spacial score (nSPS) is 27.0. The molecule has 0 spiro atoms. The molecule has 1 aromatic carbocycles. The van der Waals surface area contributed by atoms with Gasteiger partial charge >= 0.3 is 11.4 Å². The molecule has 0 radical (unpaired) electrons. The number of aromatic amines is 2. The monoisotopic (exact) mass is 1520 g/mol. The molecule has 6 saturated heterocycles. The van der Waals surface area contributed by atoms with Crippen LogP contribution in [0.4, 0.5) is 5.82 Å². The molecule has 1 amide bonds. The molecule has 6 aliphatic rings. The number of hydrogen-bond acceptors (Lipinski definition) is 20. The molecule has 0 aliphatic carbocycles. The number of terminal acetylenes is 1. The lowest BCUT2D eigenvalue weighted by Crippen LogP contribution is -2.53. The molecule has 10 heterocycles. The van der Waals surface area contributed by atoms with Crippen molar-refractivity contribution in [1.82, 2.24) is 38.6 Å². The van der Waals surface area contributed by atoms with Gasteiger partial charge in [-0.3, -0.25) is 38.1 Å². The van der Waals surface area contributed by atoms with Crippen LogP contribution in [0.15, 0.2) is 74.2 Å². The summed E-state index contributed by atoms with van der Waals surface area (Å²) in [4.78, 5) is 88.7. The molecular weight excluding hydrogens is 1410 g/mol. The molecule has 576 valence electrons. The summed E-state index contributed by atoms with van der Waals surface area (Å²) in [6.45, 7) is 49.6. The fourth-order valence-electron chi connectivity index (χ4n) is 18.5. The first-order valence-electron chi connectivity index (χ1n) is 37.5. The Hall–Kier alpha value is -6.55. The highest BCUT2D eigenvalue weighted by Gasteiger charge is 2.64. The van der Waals surface area contributed by atoms with Crippen LogP contribution in [0.5, 0.6) is 0 Å². The van der Waals surface area contributed by atoms with Crippen molar-refractivity contribution in [3.8, 4) is 36.0 Å². The van der Waals surface area contributed by atoms with Crippen LogP contribution in [0.3, 0.4) is 0 Å². The van der Waals surface area contributed by atoms with Crippen LogP contribution in [-0.2, 0) is 55.9 Å². The zero-order chi connectivity index (χ0) is 77.6. The van der Waals surface area contributed by atoms with E-state index in [4.69, 9.17) is 72.3 Å². The van der Waals surface area contributed by atoms with Gasteiger partial charge < -0.3 is 61.2 Å². The van der Waals surface area contributed by atoms with E-state index in [1.807, 2.05) is 19.9 Å². The van der Waals surface area contributed by atoms with E-state index >= 15 is 4.79 Å². The summed E-state index contributed by atoms with van der Waals surface area (Å²) in [5.74, 6) is 12.8. The first-order valence-corrected chi connectivity index (χ1v) is 43.9. The predicted octanol–water partition coefficient (Wildman–Crippen LogP) is 11.4. The highest BCUT2D eigenvalue weighted by atomic mass is 28.4. The van der Waals surface area contributed by atoms with Crippen molar-refractivity contribution in [2.75, 3.05) is 5.32 Å². The molecule has 29 heteroatoms. The van der Waals surface area contributed by atoms with E-state index in [9.17, 15) is 19.2 Å². The van der Waals surface area contributed by atoms with Gasteiger partial charge in [0, 0.05) is 23.9 Å². The van der Waals surface area contributed by atoms with Gasteiger partial charge in [0.05, 0.1) is 0 Å². The van der Waals surface area contributed by atoms with Crippen LogP contribution in [0.2, 0.25) is 49.9 Å². The number of H-pyrrole nitrogens is 2. The molecule has 0 saturated carbocycles. The lowest BCUT2D eigenvalue weighted by molar-refractivity contribution is -0.204. The van der Waals surface area contributed by atoms with Crippen LogP contribution in [0.1, 0.15) is 207 Å². The maximum Gasteiger partial charge on any atom is 0.331 e. The predicted molar refractivity (Wildman–Crippen MR) is 406 cm³/mol. The average molecular weight is 1520 g/mol. The van der Waals surface area contributed by atoms with E-state index < -0.39 is 163 Å². The van der Waals surface area contributed by atoms with Crippen LogP contribution in [-0.4, -0.2) is 160 Å². The summed E-state index contributed by atoms with van der Waals surface area (Å²) in [7, 11) is -8.69. The second-order valence-electron chi connectivity index (χ2n) is 33.2. The van der Waals surface area contributed by atoms with Gasteiger partial charge in [0.15, 0.2) is 58.9 Å². The number of amides is 1. The minimum Gasteiger partial charge on any atom is -0.400 e. The zero-order valence-corrected chi connectivity index (χ0v) is 68.8. The molecule has 2 unspecified atom stereocenters. The molecule has 3 N–H and O–H groups in total. The van der Waals surface area contributed by atoms with Crippen LogP contribution in [0, 0.1) is 36.0 Å². The lowest BCUT2D eigenvalue weighted by Gasteiger charge is -2.45. The Labute approximate surface area is 624 Å². The Morgan fingerprint density at radius 2 is 0.925 bits per heavy atom. The molecule has 4 aromatic heterocycles. The third-order valence-electron chi connectivity index (χ3n) is 22.4. The summed E-state index contributed by atoms with van der Waals surface area (Å²) in [5.41, 5.74) is -1.62. The largest absolute Gasteiger partial charge is 0.400 e. The Balaban J connectivity index is 1.08. The Kier molecular flexibility index (Phi) is 23.1. The van der Waals surface area contributed by atoms with Gasteiger partial charge in [-0.2, -0.15) is 0 Å². The number of benzene rings is 1. The first kappa shape index (κ1) is 80.5. The number of carbonyl (C=O) groups excluding carboxylic acids is 1. The average Bonchev–Trinajstić information content (AvgIpc) is 1.57. The number of hydrogen-bond donors (Lipinski definition) is 3. The van der Waals surface area contributed by atoms with Gasteiger partial charge in [0.1, 0.15) is 85.3 Å². The molecule has 11 rings (SSSR count). The second kappa shape index (κ2) is 30.4. The smallest absolute Gasteiger partial charge is 0.331 e. The topological polar surface area (TPSA) is 293 Å². The minimum absolute atomic E-state index is 0.00135. The summed E-state index contributed by atoms with van der Waals surface area (Å²) >= 11 is 0. The van der Waals surface area contributed by atoms with Gasteiger partial charge in [0.2, 0.25) is 25.0 Å². The first-order chi connectivity index (χ1) is 49.6. The summed E-state index contributed by atoms with van der Waals surface area (Å²) in [6, 6.07) is 11.2. The standard InChI is InChI=1S/C77H109N9O17Si3/c1-26-51(101-104(40(2)3,41(4)5)42(6)7)58-61-66(100-76(22,23)95-61)72(93-58)86-54(80-57-67(78-39-79-68(57)86)83-69(89)49-30-28-27-29-31-49)35-34-53(103-106(46(14)15,47(16)17)48(18)19)60-63-65(99-77(24,25)97-63)71(94-60)85-50(38-56(88)82-74(85)91)32-33-52(102-105(43(8)9,44(10)11)45(12)13)59-62-64(98-75(20,21)96-62)70(92-59)84-37-36-55(87)81-73(84)90/h1,27-31,36-48,51-53,58-66,70-72H,2-25H3,(H,81,87,90)(H,82,88,91)(H,78,79,83,89)/t51?,52-,53-,58?,59-,60-,61-,62-,63-,64-,65-,66-,70-,71-,72-/m1/s1. The van der Waals surface area contributed by atoms with E-state index in [-0.39, 0.29) is 78.4 Å². The van der Waals surface area contributed by atoms with Crippen molar-refractivity contribution in [1.29, 1.82) is 0 Å². The van der Waals surface area contributed by atoms with E-state index in [0.717, 1.165) is 0 Å². The number of nitrogens with zero attached hydrogens (tertiary/aromatic N) is 6. The molecule has 15 atom stereocenters. The molecule has 26 nitrogen and oxygen atoms in total. The molecule has 106 heavy (non-hydrogen) atoms. The Bertz CT molecular complexity index is 4410. The minimum atomic E-state index is -3.06. The van der Waals surface area contributed by atoms with Crippen LogP contribution >= 0.6 is 0 Å². The van der Waals surface area contributed by atoms with Gasteiger partial charge in [-0.1, -0.05) is 161 Å². The number of anilines is 1. The number of ether oxygens (including phenoxy) is 9. The van der Waals surface area contributed by atoms with Crippen molar-refractivity contribution >= 4 is 47.8 Å². The number of imidazole rings is 1. The lowest BCUT2D eigenvalue weighted by atomic mass is 10.1. The quantitative estimate of drug-likeness (QED) is 0.0404. The van der Waals surface area contributed by atoms with Crippen LogP contribution < -0.4 is 27.8 Å². The van der Waals surface area contributed by atoms with E-state index in [2.05, 4.69) is 174 Å². The fraction of sp³-hybridized carbons (Fsp3) is 0.662. The highest BCUT2D eigenvalue weighted by Crippen LogP contribution is 2.53. The number of fused-ring (bicyclic) bond motifs is 4. The second-order valence-corrected chi connectivity index (χ2v) is 49.4. The van der Waals surface area contributed by atoms with Crippen molar-refractivity contribution in [2.45, 2.75) is 325 Å². The van der Waals surface area contributed by atoms with Crippen molar-refractivity contribution in [2.24, 2.45) is 0 Å². The van der Waals surface area contributed by atoms with Gasteiger partial charge in [-0.15, -0.1) is 6.42 Å². The number of nitrogens with one attached hydrogen (secondary N) is 3. The third kappa shape index (κ3) is 14.8. The van der Waals surface area contributed by atoms with Crippen LogP contribution in [0.25, 0.3) is 11.2 Å². The van der Waals surface area contributed by atoms with E-state index in [1.54, 1.807) is 56.5 Å². The van der Waals surface area contributed by atoms with E-state index in [1.165, 1.54) is 33.8 Å². The Morgan fingerprint density at radius 3 is 1.38 bits per heavy atom. The molecule has 5 aromatic rings. The fourth-order valence-corrected chi connectivity index (χ4v) is 34.8. The van der Waals surface area contributed by atoms with Gasteiger partial charge in [-0.25, -0.2) is 24.5 Å². The van der Waals surface area contributed by atoms with Crippen molar-refractivity contribution in [3.63, 3.8) is 0 Å². The van der Waals surface area contributed by atoms with Gasteiger partial charge in [0.25, 0.3) is 17.0 Å². The summed E-state index contributed by atoms with van der Waals surface area (Å²) < 4.78 is 89.3.